The van der Waals surface area contributed by atoms with Crippen LogP contribution in [0.1, 0.15) is 36.2 Å². The van der Waals surface area contributed by atoms with Crippen molar-refractivity contribution in [1.82, 2.24) is 10.2 Å². The Morgan fingerprint density at radius 2 is 1.57 bits per heavy atom. The fourth-order valence-corrected chi connectivity index (χ4v) is 5.40. The number of benzene rings is 3. The molecule has 1 N–H and O–H groups in total. The van der Waals surface area contributed by atoms with E-state index in [-0.39, 0.29) is 24.0 Å². The first-order valence-corrected chi connectivity index (χ1v) is 15.1. The van der Waals surface area contributed by atoms with Crippen molar-refractivity contribution in [2.45, 2.75) is 39.0 Å². The minimum atomic E-state index is -0.0438. The Bertz CT molecular complexity index is 1360. The van der Waals surface area contributed by atoms with Crippen molar-refractivity contribution in [3.63, 3.8) is 0 Å². The first-order valence-electron chi connectivity index (χ1n) is 15.1. The van der Waals surface area contributed by atoms with Gasteiger partial charge in [-0.1, -0.05) is 24.3 Å². The maximum Gasteiger partial charge on any atom is 0.254 e. The van der Waals surface area contributed by atoms with Crippen molar-refractivity contribution in [2.24, 2.45) is 5.92 Å². The normalized spacial score (nSPS) is 16.2. The number of nitrogens with zero attached hydrogens (tertiary/aromatic N) is 1. The van der Waals surface area contributed by atoms with Crippen LogP contribution in [-0.2, 0) is 16.1 Å². The summed E-state index contributed by atoms with van der Waals surface area (Å²) in [5.74, 6) is 2.64. The van der Waals surface area contributed by atoms with Gasteiger partial charge in [-0.15, -0.1) is 0 Å². The van der Waals surface area contributed by atoms with E-state index in [0.29, 0.717) is 54.9 Å². The quantitative estimate of drug-likeness (QED) is 0.216. The highest BCUT2D eigenvalue weighted by atomic mass is 16.5. The third-order valence-electron chi connectivity index (χ3n) is 7.86. The van der Waals surface area contributed by atoms with Gasteiger partial charge in [-0.25, -0.2) is 0 Å². The molecule has 2 atom stereocenters. The third-order valence-corrected chi connectivity index (χ3v) is 7.86. The van der Waals surface area contributed by atoms with Crippen molar-refractivity contribution in [3.05, 3.63) is 71.8 Å². The van der Waals surface area contributed by atoms with Gasteiger partial charge in [0.05, 0.1) is 40.6 Å². The minimum absolute atomic E-state index is 0.00934. The summed E-state index contributed by atoms with van der Waals surface area (Å²) >= 11 is 0. The van der Waals surface area contributed by atoms with Crippen molar-refractivity contribution in [1.29, 1.82) is 0 Å². The zero-order valence-electron chi connectivity index (χ0n) is 26.8. The van der Waals surface area contributed by atoms with Gasteiger partial charge in [0.15, 0.2) is 23.0 Å². The Morgan fingerprint density at radius 3 is 2.30 bits per heavy atom. The topological polar surface area (TPSA) is 87.7 Å². The molecule has 3 aromatic carbocycles. The van der Waals surface area contributed by atoms with Gasteiger partial charge in [-0.2, -0.15) is 0 Å². The van der Waals surface area contributed by atoms with Crippen LogP contribution in [0, 0.1) is 5.92 Å². The molecule has 1 aliphatic rings. The molecule has 0 aliphatic carbocycles. The summed E-state index contributed by atoms with van der Waals surface area (Å²) in [4.78, 5) is 15.7. The molecular weight excluding hydrogens is 560 g/mol. The molecule has 44 heavy (non-hydrogen) atoms. The molecule has 0 aromatic heterocycles. The molecule has 1 amide bonds. The molecule has 1 saturated heterocycles. The zero-order chi connectivity index (χ0) is 31.5. The molecule has 3 aromatic rings. The first-order chi connectivity index (χ1) is 21.4. The molecule has 1 aliphatic heterocycles. The van der Waals surface area contributed by atoms with E-state index in [1.807, 2.05) is 43.0 Å². The Morgan fingerprint density at radius 1 is 0.841 bits per heavy atom. The van der Waals surface area contributed by atoms with E-state index >= 15 is 0 Å². The van der Waals surface area contributed by atoms with Crippen LogP contribution in [0.5, 0.6) is 23.0 Å². The molecule has 0 saturated carbocycles. The third kappa shape index (κ3) is 8.43. The van der Waals surface area contributed by atoms with Gasteiger partial charge in [0.25, 0.3) is 5.91 Å². The Balaban J connectivity index is 1.42. The van der Waals surface area contributed by atoms with E-state index < -0.39 is 0 Å². The standard InChI is InChI=1S/C35H46N2O7/c1-24(2)37(35(38)28-12-14-31(41-5)33(19-28)43-16-8-15-39-3)22-29-20-36-21-34(29)44-23-25-9-7-10-26(17-25)27-11-13-30(40-4)32(18-27)42-6/h7,9-14,17-19,24,29,34,36H,8,15-16,20-23H2,1-6H3/t29-,34+/m0/s1. The number of hydrogen-bond donors (Lipinski definition) is 1. The molecule has 4 rings (SSSR count). The van der Waals surface area contributed by atoms with Crippen LogP contribution >= 0.6 is 0 Å². The lowest BCUT2D eigenvalue weighted by Gasteiger charge is -2.31. The SMILES string of the molecule is COCCCOc1cc(C(=O)N(C[C@@H]2CNC[C@H]2OCc2cccc(-c3ccc(OC)c(OC)c3)c2)C(C)C)ccc1OC. The number of nitrogens with one attached hydrogen (secondary N) is 1. The molecule has 0 bridgehead atoms. The second-order valence-electron chi connectivity index (χ2n) is 11.1. The largest absolute Gasteiger partial charge is 0.493 e. The van der Waals surface area contributed by atoms with Crippen LogP contribution in [0.15, 0.2) is 60.7 Å². The summed E-state index contributed by atoms with van der Waals surface area (Å²) < 4.78 is 33.8. The van der Waals surface area contributed by atoms with Crippen LogP contribution < -0.4 is 24.3 Å². The smallest absolute Gasteiger partial charge is 0.254 e. The highest BCUT2D eigenvalue weighted by molar-refractivity contribution is 5.95. The first kappa shape index (κ1) is 33.1. The van der Waals surface area contributed by atoms with Gasteiger partial charge in [-0.05, 0) is 66.9 Å². The Kier molecular flexibility index (Phi) is 12.3. The predicted molar refractivity (Wildman–Crippen MR) is 171 cm³/mol. The van der Waals surface area contributed by atoms with E-state index in [0.717, 1.165) is 36.2 Å². The summed E-state index contributed by atoms with van der Waals surface area (Å²) in [6.07, 6.45) is 0.719. The van der Waals surface area contributed by atoms with Crippen LogP contribution in [0.4, 0.5) is 0 Å². The van der Waals surface area contributed by atoms with Gasteiger partial charge in [0.2, 0.25) is 0 Å². The van der Waals surface area contributed by atoms with Crippen LogP contribution in [0.2, 0.25) is 0 Å². The second-order valence-corrected chi connectivity index (χ2v) is 11.1. The predicted octanol–water partition coefficient (Wildman–Crippen LogP) is 5.45. The van der Waals surface area contributed by atoms with E-state index in [4.69, 9.17) is 28.4 Å². The van der Waals surface area contributed by atoms with E-state index in [9.17, 15) is 4.79 Å². The van der Waals surface area contributed by atoms with Gasteiger partial charge >= 0.3 is 0 Å². The summed E-state index contributed by atoms with van der Waals surface area (Å²) in [6.45, 7) is 7.73. The molecule has 9 nitrogen and oxygen atoms in total. The Labute approximate surface area is 261 Å². The van der Waals surface area contributed by atoms with Crippen LogP contribution in [0.3, 0.4) is 0 Å². The molecule has 238 valence electrons. The van der Waals surface area contributed by atoms with Crippen LogP contribution in [0.25, 0.3) is 11.1 Å². The molecule has 0 radical (unpaired) electrons. The lowest BCUT2D eigenvalue weighted by Crippen LogP contribution is -2.43. The molecular formula is C35H46N2O7. The van der Waals surface area contributed by atoms with Gasteiger partial charge in [0, 0.05) is 57.3 Å². The molecule has 0 unspecified atom stereocenters. The monoisotopic (exact) mass is 606 g/mol. The number of carbonyl (C=O) groups excluding carboxylic acids is 1. The maximum absolute atomic E-state index is 13.8. The molecule has 1 heterocycles. The highest BCUT2D eigenvalue weighted by Crippen LogP contribution is 2.33. The summed E-state index contributed by atoms with van der Waals surface area (Å²) in [5, 5.41) is 3.46. The lowest BCUT2D eigenvalue weighted by molar-refractivity contribution is 0.0129. The van der Waals surface area contributed by atoms with Gasteiger partial charge in [-0.3, -0.25) is 4.79 Å². The van der Waals surface area contributed by atoms with Crippen molar-refractivity contribution in [2.75, 3.05) is 61.3 Å². The maximum atomic E-state index is 13.8. The molecule has 0 spiro atoms. The fraction of sp³-hybridized carbons (Fsp3) is 0.457. The zero-order valence-corrected chi connectivity index (χ0v) is 26.8. The van der Waals surface area contributed by atoms with E-state index in [2.05, 4.69) is 23.5 Å². The average molecular weight is 607 g/mol. The number of methoxy groups -OCH3 is 4. The molecule has 1 fully saturated rings. The van der Waals surface area contributed by atoms with E-state index in [1.54, 1.807) is 46.6 Å². The van der Waals surface area contributed by atoms with Crippen molar-refractivity contribution < 1.29 is 33.2 Å². The lowest BCUT2D eigenvalue weighted by atomic mass is 10.0. The number of hydrogen-bond acceptors (Lipinski definition) is 8. The summed E-state index contributed by atoms with van der Waals surface area (Å²) in [6, 6.07) is 19.6. The highest BCUT2D eigenvalue weighted by Gasteiger charge is 2.32. The van der Waals surface area contributed by atoms with Gasteiger partial charge < -0.3 is 38.6 Å². The summed E-state index contributed by atoms with van der Waals surface area (Å²) in [5.41, 5.74) is 3.76. The number of ether oxygens (including phenoxy) is 6. The molecule has 9 heteroatoms. The average Bonchev–Trinajstić information content (AvgIpc) is 3.50. The Hall–Kier alpha value is -3.79. The number of carbonyl (C=O) groups is 1. The van der Waals surface area contributed by atoms with Crippen molar-refractivity contribution >= 4 is 5.91 Å². The van der Waals surface area contributed by atoms with E-state index in [1.165, 1.54) is 0 Å². The second kappa shape index (κ2) is 16.3. The number of rotatable bonds is 16. The summed E-state index contributed by atoms with van der Waals surface area (Å²) in [7, 11) is 6.53. The number of amides is 1. The van der Waals surface area contributed by atoms with Crippen molar-refractivity contribution in [3.8, 4) is 34.1 Å². The van der Waals surface area contributed by atoms with Crippen LogP contribution in [-0.4, -0.2) is 84.2 Å². The minimum Gasteiger partial charge on any atom is -0.493 e. The fourth-order valence-electron chi connectivity index (χ4n) is 5.40. The van der Waals surface area contributed by atoms with Gasteiger partial charge in [0.1, 0.15) is 0 Å².